The second-order valence-corrected chi connectivity index (χ2v) is 6.49. The van der Waals surface area contributed by atoms with Crippen molar-refractivity contribution < 1.29 is 14.4 Å². The first-order chi connectivity index (χ1) is 12.5. The fourth-order valence-corrected chi connectivity index (χ4v) is 3.19. The van der Waals surface area contributed by atoms with Gasteiger partial charge in [0.2, 0.25) is 5.91 Å². The van der Waals surface area contributed by atoms with E-state index in [0.717, 1.165) is 12.8 Å². The molecule has 0 aliphatic heterocycles. The maximum Gasteiger partial charge on any atom is 0.249 e. The van der Waals surface area contributed by atoms with Gasteiger partial charge in [-0.05, 0) is 39.7 Å². The van der Waals surface area contributed by atoms with E-state index < -0.39 is 0 Å². The number of rotatable bonds is 7. The molecule has 1 aromatic carbocycles. The summed E-state index contributed by atoms with van der Waals surface area (Å²) in [6, 6.07) is 6.87. The third kappa shape index (κ3) is 3.85. The van der Waals surface area contributed by atoms with E-state index in [2.05, 4.69) is 6.92 Å². The van der Waals surface area contributed by atoms with E-state index in [9.17, 15) is 14.4 Å². The first kappa shape index (κ1) is 19.8. The zero-order valence-electron chi connectivity index (χ0n) is 16.1. The summed E-state index contributed by atoms with van der Waals surface area (Å²) < 4.78 is 0. The standard InChI is InChI=1S/C22H27NO3/c1-5-8-11-16(22(26)23(6-2)7-3)14-19-15(4)20(24)17-12-9-10-13-18(17)21(19)25/h9-10,12-14H,5-8,11H2,1-4H3. The monoisotopic (exact) mass is 353 g/mol. The van der Waals surface area contributed by atoms with Gasteiger partial charge in [0.05, 0.1) is 0 Å². The SMILES string of the molecule is CCCCC(=CC1=C(C)C(=O)c2ccccc2C1=O)C(=O)N(CC)CC. The fourth-order valence-electron chi connectivity index (χ4n) is 3.19. The van der Waals surface area contributed by atoms with E-state index in [1.54, 1.807) is 42.2 Å². The molecule has 0 aromatic heterocycles. The van der Waals surface area contributed by atoms with Crippen LogP contribution < -0.4 is 0 Å². The van der Waals surface area contributed by atoms with Crippen molar-refractivity contribution in [1.29, 1.82) is 0 Å². The van der Waals surface area contributed by atoms with Crippen LogP contribution in [0.4, 0.5) is 0 Å². The van der Waals surface area contributed by atoms with Crippen LogP contribution in [0.1, 0.15) is 67.7 Å². The van der Waals surface area contributed by atoms with Crippen molar-refractivity contribution in [3.63, 3.8) is 0 Å². The average molecular weight is 353 g/mol. The fraction of sp³-hybridized carbons (Fsp3) is 0.409. The van der Waals surface area contributed by atoms with E-state index >= 15 is 0 Å². The molecule has 0 bridgehead atoms. The topological polar surface area (TPSA) is 54.5 Å². The lowest BCUT2D eigenvalue weighted by Crippen LogP contribution is -2.32. The normalized spacial score (nSPS) is 14.5. The van der Waals surface area contributed by atoms with Gasteiger partial charge in [0.15, 0.2) is 11.6 Å². The van der Waals surface area contributed by atoms with Crippen LogP contribution in [0.25, 0.3) is 0 Å². The van der Waals surface area contributed by atoms with Crippen molar-refractivity contribution in [3.8, 4) is 0 Å². The Balaban J connectivity index is 2.51. The van der Waals surface area contributed by atoms with Gasteiger partial charge >= 0.3 is 0 Å². The zero-order valence-corrected chi connectivity index (χ0v) is 16.1. The molecule has 1 aliphatic carbocycles. The molecule has 0 unspecified atom stereocenters. The van der Waals surface area contributed by atoms with Gasteiger partial charge in [-0.1, -0.05) is 37.6 Å². The predicted molar refractivity (Wildman–Crippen MR) is 103 cm³/mol. The Hall–Kier alpha value is -2.49. The molecule has 1 aliphatic rings. The van der Waals surface area contributed by atoms with Gasteiger partial charge in [0, 0.05) is 40.9 Å². The number of benzene rings is 1. The number of nitrogens with zero attached hydrogens (tertiary/aromatic N) is 1. The van der Waals surface area contributed by atoms with Crippen molar-refractivity contribution in [3.05, 3.63) is 58.2 Å². The van der Waals surface area contributed by atoms with Crippen LogP contribution >= 0.6 is 0 Å². The lowest BCUT2D eigenvalue weighted by molar-refractivity contribution is -0.126. The second kappa shape index (κ2) is 8.75. The molecular weight excluding hydrogens is 326 g/mol. The highest BCUT2D eigenvalue weighted by Gasteiger charge is 2.29. The number of carbonyl (C=O) groups excluding carboxylic acids is 3. The summed E-state index contributed by atoms with van der Waals surface area (Å²) in [6.07, 6.45) is 4.08. The number of hydrogen-bond donors (Lipinski definition) is 0. The largest absolute Gasteiger partial charge is 0.339 e. The summed E-state index contributed by atoms with van der Waals surface area (Å²) in [4.78, 5) is 40.2. The summed E-state index contributed by atoms with van der Waals surface area (Å²) in [5, 5.41) is 0. The molecule has 0 fully saturated rings. The maximum absolute atomic E-state index is 12.9. The molecule has 0 spiro atoms. The van der Waals surface area contributed by atoms with Gasteiger partial charge in [-0.2, -0.15) is 0 Å². The van der Waals surface area contributed by atoms with E-state index in [0.29, 0.717) is 47.4 Å². The molecule has 4 heteroatoms. The molecule has 0 saturated heterocycles. The van der Waals surface area contributed by atoms with Crippen LogP contribution in [0.2, 0.25) is 0 Å². The molecule has 138 valence electrons. The van der Waals surface area contributed by atoms with Crippen molar-refractivity contribution in [2.75, 3.05) is 13.1 Å². The first-order valence-electron chi connectivity index (χ1n) is 9.35. The highest BCUT2D eigenvalue weighted by atomic mass is 16.2. The summed E-state index contributed by atoms with van der Waals surface area (Å²) in [5.41, 5.74) is 2.22. The lowest BCUT2D eigenvalue weighted by atomic mass is 9.83. The number of amides is 1. The van der Waals surface area contributed by atoms with Gasteiger partial charge in [-0.25, -0.2) is 0 Å². The van der Waals surface area contributed by atoms with Crippen LogP contribution in [0, 0.1) is 0 Å². The molecule has 1 amide bonds. The Morgan fingerprint density at radius 3 is 2.12 bits per heavy atom. The van der Waals surface area contributed by atoms with Crippen LogP contribution in [-0.4, -0.2) is 35.5 Å². The summed E-state index contributed by atoms with van der Waals surface area (Å²) in [5.74, 6) is -0.376. The number of unbranched alkanes of at least 4 members (excludes halogenated alkanes) is 1. The number of likely N-dealkylation sites (N-methyl/N-ethyl adjacent to an activating group) is 1. The predicted octanol–water partition coefficient (Wildman–Crippen LogP) is 4.37. The smallest absolute Gasteiger partial charge is 0.249 e. The Morgan fingerprint density at radius 1 is 1.00 bits per heavy atom. The third-order valence-corrected chi connectivity index (χ3v) is 4.85. The van der Waals surface area contributed by atoms with Crippen LogP contribution in [0.5, 0.6) is 0 Å². The number of fused-ring (bicyclic) bond motifs is 1. The summed E-state index contributed by atoms with van der Waals surface area (Å²) in [7, 11) is 0. The molecule has 2 rings (SSSR count). The first-order valence-corrected chi connectivity index (χ1v) is 9.35. The Kier molecular flexibility index (Phi) is 6.67. The molecule has 0 saturated carbocycles. The molecule has 1 aromatic rings. The van der Waals surface area contributed by atoms with Crippen LogP contribution in [0.15, 0.2) is 47.1 Å². The second-order valence-electron chi connectivity index (χ2n) is 6.49. The highest BCUT2D eigenvalue weighted by Crippen LogP contribution is 2.28. The van der Waals surface area contributed by atoms with Crippen molar-refractivity contribution in [2.24, 2.45) is 0 Å². The quantitative estimate of drug-likeness (QED) is 0.684. The molecule has 4 nitrogen and oxygen atoms in total. The van der Waals surface area contributed by atoms with Crippen LogP contribution in [-0.2, 0) is 4.79 Å². The molecule has 26 heavy (non-hydrogen) atoms. The van der Waals surface area contributed by atoms with Crippen molar-refractivity contribution >= 4 is 17.5 Å². The minimum absolute atomic E-state index is 0.0529. The van der Waals surface area contributed by atoms with E-state index in [1.165, 1.54) is 0 Å². The molecule has 0 heterocycles. The summed E-state index contributed by atoms with van der Waals surface area (Å²) in [6.45, 7) is 8.85. The Bertz CT molecular complexity index is 782. The van der Waals surface area contributed by atoms with E-state index in [1.807, 2.05) is 13.8 Å². The minimum Gasteiger partial charge on any atom is -0.339 e. The minimum atomic E-state index is -0.181. The number of Topliss-reactive ketones (excluding diaryl/α,β-unsaturated/α-hetero) is 2. The molecule has 0 N–H and O–H groups in total. The maximum atomic E-state index is 12.9. The molecule has 0 atom stereocenters. The van der Waals surface area contributed by atoms with Gasteiger partial charge in [-0.15, -0.1) is 0 Å². The average Bonchev–Trinajstić information content (AvgIpc) is 2.66. The molecular formula is C22H27NO3. The zero-order chi connectivity index (χ0) is 19.3. The number of ketones is 2. The number of hydrogen-bond acceptors (Lipinski definition) is 3. The molecule has 0 radical (unpaired) electrons. The Labute approximate surface area is 155 Å². The van der Waals surface area contributed by atoms with Gasteiger partial charge in [0.25, 0.3) is 0 Å². The highest BCUT2D eigenvalue weighted by molar-refractivity contribution is 6.28. The lowest BCUT2D eigenvalue weighted by Gasteiger charge is -2.22. The summed E-state index contributed by atoms with van der Waals surface area (Å²) >= 11 is 0. The van der Waals surface area contributed by atoms with Gasteiger partial charge in [-0.3, -0.25) is 14.4 Å². The number of carbonyl (C=O) groups is 3. The van der Waals surface area contributed by atoms with Crippen molar-refractivity contribution in [1.82, 2.24) is 4.90 Å². The number of allylic oxidation sites excluding steroid dienone is 3. The van der Waals surface area contributed by atoms with Crippen LogP contribution in [0.3, 0.4) is 0 Å². The Morgan fingerprint density at radius 2 is 1.58 bits per heavy atom. The van der Waals surface area contributed by atoms with E-state index in [-0.39, 0.29) is 17.5 Å². The van der Waals surface area contributed by atoms with Gasteiger partial charge < -0.3 is 4.90 Å². The van der Waals surface area contributed by atoms with Crippen molar-refractivity contribution in [2.45, 2.75) is 47.0 Å². The van der Waals surface area contributed by atoms with E-state index in [4.69, 9.17) is 0 Å². The third-order valence-electron chi connectivity index (χ3n) is 4.85. The van der Waals surface area contributed by atoms with Gasteiger partial charge in [0.1, 0.15) is 0 Å².